The van der Waals surface area contributed by atoms with E-state index in [9.17, 15) is 0 Å². The van der Waals surface area contributed by atoms with E-state index >= 15 is 0 Å². The van der Waals surface area contributed by atoms with Gasteiger partial charge in [0, 0.05) is 43.8 Å². The van der Waals surface area contributed by atoms with Crippen molar-refractivity contribution in [2.45, 2.75) is 9.92 Å². The molecule has 0 saturated carbocycles. The second kappa shape index (κ2) is 9.13. The molecule has 4 heterocycles. The van der Waals surface area contributed by atoms with Crippen molar-refractivity contribution in [2.24, 2.45) is 0 Å². The smallest absolute Gasteiger partial charge is 0.159 e. The normalized spacial score (nSPS) is 12.2. The van der Waals surface area contributed by atoms with Crippen LogP contribution in [0.3, 0.4) is 0 Å². The number of para-hydroxylation sites is 1. The first-order chi connectivity index (χ1) is 20.8. The highest BCUT2D eigenvalue weighted by Crippen LogP contribution is 2.50. The van der Waals surface area contributed by atoms with Gasteiger partial charge >= 0.3 is 0 Å². The molecule has 8 aromatic rings. The van der Waals surface area contributed by atoms with Crippen LogP contribution in [0.2, 0.25) is 0 Å². The van der Waals surface area contributed by atoms with Gasteiger partial charge in [0.25, 0.3) is 0 Å². The van der Waals surface area contributed by atoms with Crippen LogP contribution in [0, 0.1) is 0 Å². The van der Waals surface area contributed by atoms with E-state index in [1.165, 1.54) is 37.6 Å². The highest BCUT2D eigenvalue weighted by molar-refractivity contribution is 7.99. The molecule has 5 aromatic carbocycles. The maximum absolute atomic E-state index is 5.21. The Labute approximate surface area is 246 Å². The van der Waals surface area contributed by atoms with E-state index in [1.54, 1.807) is 11.8 Å². The Morgan fingerprint density at radius 2 is 1.33 bits per heavy atom. The summed E-state index contributed by atoms with van der Waals surface area (Å²) in [6, 6.07) is 42.4. The van der Waals surface area contributed by atoms with Crippen molar-refractivity contribution in [1.29, 1.82) is 0 Å². The van der Waals surface area contributed by atoms with Crippen LogP contribution in [0.1, 0.15) is 0 Å². The van der Waals surface area contributed by atoms with E-state index in [0.717, 1.165) is 38.6 Å². The standard InChI is InChI=1S/C37H22N4S/c1-3-11-23(12-4-1)34-31(22-39-36(40-34)24-13-5-2-6-14-24)41-30-17-9-7-15-25(30)29-21-28-26-16-8-10-18-32(26)42-37-33(28)27(35(29)41)19-20-38-37/h1-22H. The molecule has 0 bridgehead atoms. The quantitative estimate of drug-likeness (QED) is 0.218. The molecule has 1 aliphatic heterocycles. The summed E-state index contributed by atoms with van der Waals surface area (Å²) in [6.07, 6.45) is 3.93. The minimum absolute atomic E-state index is 0.708. The topological polar surface area (TPSA) is 43.6 Å². The molecule has 0 aliphatic carbocycles. The van der Waals surface area contributed by atoms with E-state index in [4.69, 9.17) is 15.0 Å². The number of nitrogens with zero attached hydrogens (tertiary/aromatic N) is 4. The molecule has 0 spiro atoms. The zero-order chi connectivity index (χ0) is 27.6. The fourth-order valence-corrected chi connectivity index (χ4v) is 7.37. The predicted molar refractivity (Wildman–Crippen MR) is 172 cm³/mol. The number of pyridine rings is 1. The monoisotopic (exact) mass is 554 g/mol. The molecular weight excluding hydrogens is 533 g/mol. The van der Waals surface area contributed by atoms with Crippen molar-refractivity contribution >= 4 is 44.3 Å². The summed E-state index contributed by atoms with van der Waals surface area (Å²) in [6.45, 7) is 0. The van der Waals surface area contributed by atoms with Gasteiger partial charge in [-0.05, 0) is 35.4 Å². The third-order valence-electron chi connectivity index (χ3n) is 8.12. The van der Waals surface area contributed by atoms with Crippen LogP contribution >= 0.6 is 11.8 Å². The highest BCUT2D eigenvalue weighted by atomic mass is 32.2. The van der Waals surface area contributed by atoms with Gasteiger partial charge in [-0.25, -0.2) is 15.0 Å². The zero-order valence-corrected chi connectivity index (χ0v) is 23.2. The second-order valence-electron chi connectivity index (χ2n) is 10.5. The summed E-state index contributed by atoms with van der Waals surface area (Å²) in [5, 5.41) is 5.82. The van der Waals surface area contributed by atoms with E-state index in [1.807, 2.05) is 36.7 Å². The molecule has 4 nitrogen and oxygen atoms in total. The molecule has 196 valence electrons. The van der Waals surface area contributed by atoms with E-state index in [2.05, 4.69) is 102 Å². The molecule has 5 heteroatoms. The van der Waals surface area contributed by atoms with Gasteiger partial charge in [0.05, 0.1) is 28.6 Å². The number of rotatable bonds is 3. The molecule has 0 atom stereocenters. The average Bonchev–Trinajstić information content (AvgIpc) is 3.40. The Morgan fingerprint density at radius 1 is 0.595 bits per heavy atom. The second-order valence-corrected chi connectivity index (χ2v) is 11.5. The van der Waals surface area contributed by atoms with E-state index < -0.39 is 0 Å². The largest absolute Gasteiger partial charge is 0.305 e. The summed E-state index contributed by atoms with van der Waals surface area (Å²) in [4.78, 5) is 16.2. The van der Waals surface area contributed by atoms with Gasteiger partial charge in [0.15, 0.2) is 5.82 Å². The van der Waals surface area contributed by atoms with E-state index in [0.29, 0.717) is 5.82 Å². The lowest BCUT2D eigenvalue weighted by Gasteiger charge is -2.21. The van der Waals surface area contributed by atoms with Gasteiger partial charge in [-0.1, -0.05) is 109 Å². The van der Waals surface area contributed by atoms with Crippen LogP contribution in [0.4, 0.5) is 0 Å². The Balaban J connectivity index is 1.43. The van der Waals surface area contributed by atoms with Crippen molar-refractivity contribution in [2.75, 3.05) is 0 Å². The molecule has 0 N–H and O–H groups in total. The lowest BCUT2D eigenvalue weighted by atomic mass is 9.96. The maximum Gasteiger partial charge on any atom is 0.159 e. The third-order valence-corrected chi connectivity index (χ3v) is 9.20. The van der Waals surface area contributed by atoms with Gasteiger partial charge in [-0.3, -0.25) is 0 Å². The molecule has 1 aliphatic rings. The predicted octanol–water partition coefficient (Wildman–Crippen LogP) is 9.59. The van der Waals surface area contributed by atoms with Gasteiger partial charge in [0.1, 0.15) is 5.03 Å². The first-order valence-corrected chi connectivity index (χ1v) is 14.8. The molecule has 0 amide bonds. The van der Waals surface area contributed by atoms with Crippen molar-refractivity contribution in [1.82, 2.24) is 19.5 Å². The van der Waals surface area contributed by atoms with Crippen LogP contribution in [-0.4, -0.2) is 19.5 Å². The fourth-order valence-electron chi connectivity index (χ4n) is 6.29. The van der Waals surface area contributed by atoms with Crippen molar-refractivity contribution < 1.29 is 0 Å². The SMILES string of the molecule is c1ccc(-c2ncc(-n3c4ccccc4c4cc5c6c(nccc6c43)Sc3ccccc3-5)c(-c3ccccc3)n2)cc1. The highest BCUT2D eigenvalue weighted by Gasteiger charge is 2.26. The minimum Gasteiger partial charge on any atom is -0.305 e. The first-order valence-electron chi connectivity index (χ1n) is 14.0. The number of hydrogen-bond donors (Lipinski definition) is 0. The maximum atomic E-state index is 5.21. The van der Waals surface area contributed by atoms with Gasteiger partial charge in [-0.15, -0.1) is 0 Å². The first kappa shape index (κ1) is 23.4. The van der Waals surface area contributed by atoms with Crippen LogP contribution in [-0.2, 0) is 0 Å². The molecule has 0 radical (unpaired) electrons. The Bertz CT molecular complexity index is 2330. The molecule has 42 heavy (non-hydrogen) atoms. The summed E-state index contributed by atoms with van der Waals surface area (Å²) in [7, 11) is 0. The van der Waals surface area contributed by atoms with Crippen molar-refractivity contribution in [3.63, 3.8) is 0 Å². The lowest BCUT2D eigenvalue weighted by Crippen LogP contribution is -2.03. The third kappa shape index (κ3) is 3.41. The molecule has 0 unspecified atom stereocenters. The summed E-state index contributed by atoms with van der Waals surface area (Å²) in [5.41, 5.74) is 8.64. The number of hydrogen-bond acceptors (Lipinski definition) is 4. The molecule has 9 rings (SSSR count). The minimum atomic E-state index is 0.708. The summed E-state index contributed by atoms with van der Waals surface area (Å²) >= 11 is 1.75. The van der Waals surface area contributed by atoms with Crippen molar-refractivity contribution in [3.8, 4) is 39.5 Å². The Morgan fingerprint density at radius 3 is 2.19 bits per heavy atom. The molecular formula is C37H22N4S. The Hall–Kier alpha value is -5.26. The van der Waals surface area contributed by atoms with Crippen LogP contribution in [0.15, 0.2) is 144 Å². The van der Waals surface area contributed by atoms with Gasteiger partial charge in [0.2, 0.25) is 0 Å². The summed E-state index contributed by atoms with van der Waals surface area (Å²) < 4.78 is 2.36. The molecule has 3 aromatic heterocycles. The molecule has 0 saturated heterocycles. The van der Waals surface area contributed by atoms with E-state index in [-0.39, 0.29) is 0 Å². The number of fused-ring (bicyclic) bond motifs is 6. The molecule has 0 fully saturated rings. The average molecular weight is 555 g/mol. The fraction of sp³-hybridized carbons (Fsp3) is 0. The number of benzene rings is 5. The Kier molecular flexibility index (Phi) is 5.10. The zero-order valence-electron chi connectivity index (χ0n) is 22.4. The van der Waals surface area contributed by atoms with Crippen LogP contribution < -0.4 is 0 Å². The van der Waals surface area contributed by atoms with Gasteiger partial charge in [-0.2, -0.15) is 0 Å². The van der Waals surface area contributed by atoms with Crippen LogP contribution in [0.25, 0.3) is 72.0 Å². The van der Waals surface area contributed by atoms with Crippen molar-refractivity contribution in [3.05, 3.63) is 134 Å². The van der Waals surface area contributed by atoms with Gasteiger partial charge < -0.3 is 4.57 Å². The van der Waals surface area contributed by atoms with Crippen LogP contribution in [0.5, 0.6) is 0 Å². The summed E-state index contributed by atoms with van der Waals surface area (Å²) in [5.74, 6) is 0.708. The number of aromatic nitrogens is 4. The lowest BCUT2D eigenvalue weighted by molar-refractivity contribution is 1.09.